The number of sulfonamides is 1. The molecule has 0 aliphatic carbocycles. The Labute approximate surface area is 285 Å². The van der Waals surface area contributed by atoms with Crippen molar-refractivity contribution in [2.45, 2.75) is 83.3 Å². The molecule has 0 unspecified atom stereocenters. The monoisotopic (exact) mass is 682 g/mol. The van der Waals surface area contributed by atoms with Gasteiger partial charge in [0.05, 0.1) is 43.9 Å². The molecule has 4 rings (SSSR count). The Morgan fingerprint density at radius 3 is 2.08 bits per heavy atom. The molecule has 0 aromatic heterocycles. The molecular weight excluding hydrogens is 632 g/mol. The van der Waals surface area contributed by atoms with Crippen LogP contribution in [0.1, 0.15) is 54.0 Å². The number of ether oxygens (including phenoxy) is 5. The highest BCUT2D eigenvalue weighted by molar-refractivity contribution is 7.89. The van der Waals surface area contributed by atoms with Gasteiger partial charge in [0.1, 0.15) is 28.6 Å². The predicted molar refractivity (Wildman–Crippen MR) is 186 cm³/mol. The molecular formula is C37H50N2O8S. The third kappa shape index (κ3) is 8.43. The van der Waals surface area contributed by atoms with E-state index >= 15 is 0 Å². The fourth-order valence-electron chi connectivity index (χ4n) is 6.13. The van der Waals surface area contributed by atoms with Crippen molar-refractivity contribution in [3.05, 3.63) is 72.3 Å². The summed E-state index contributed by atoms with van der Waals surface area (Å²) in [5, 5.41) is 0. The van der Waals surface area contributed by atoms with E-state index in [2.05, 4.69) is 0 Å². The molecule has 1 fully saturated rings. The van der Waals surface area contributed by atoms with Crippen LogP contribution in [0.15, 0.2) is 71.6 Å². The Morgan fingerprint density at radius 2 is 1.54 bits per heavy atom. The number of rotatable bonds is 12. The van der Waals surface area contributed by atoms with Gasteiger partial charge in [0.2, 0.25) is 10.0 Å². The summed E-state index contributed by atoms with van der Waals surface area (Å²) >= 11 is 0. The summed E-state index contributed by atoms with van der Waals surface area (Å²) in [5.41, 5.74) is 0.760. The van der Waals surface area contributed by atoms with Crippen LogP contribution in [-0.4, -0.2) is 81.6 Å². The highest BCUT2D eigenvalue weighted by Crippen LogP contribution is 2.40. The van der Waals surface area contributed by atoms with Gasteiger partial charge in [-0.15, -0.1) is 0 Å². The summed E-state index contributed by atoms with van der Waals surface area (Å²) in [6, 6.07) is 19.4. The van der Waals surface area contributed by atoms with Gasteiger partial charge in [0, 0.05) is 13.1 Å². The van der Waals surface area contributed by atoms with Gasteiger partial charge in [-0.1, -0.05) is 44.2 Å². The molecule has 3 aromatic carbocycles. The lowest BCUT2D eigenvalue weighted by Gasteiger charge is -2.35. The summed E-state index contributed by atoms with van der Waals surface area (Å²) in [7, 11) is 0.838. The third-order valence-electron chi connectivity index (χ3n) is 8.11. The molecule has 0 N–H and O–H groups in total. The lowest BCUT2D eigenvalue weighted by Crippen LogP contribution is -2.52. The number of carbonyl (C=O) groups is 1. The number of hydrogen-bond donors (Lipinski definition) is 0. The normalized spacial score (nSPS) is 17.9. The van der Waals surface area contributed by atoms with E-state index in [1.54, 1.807) is 43.4 Å². The fourth-order valence-corrected chi connectivity index (χ4v) is 7.74. The van der Waals surface area contributed by atoms with Crippen LogP contribution in [-0.2, 0) is 25.9 Å². The minimum atomic E-state index is -3.93. The second kappa shape index (κ2) is 14.8. The smallest absolute Gasteiger partial charge is 0.412 e. The van der Waals surface area contributed by atoms with Crippen LogP contribution >= 0.6 is 0 Å². The maximum Gasteiger partial charge on any atom is 0.412 e. The van der Waals surface area contributed by atoms with Crippen molar-refractivity contribution in [3.63, 3.8) is 0 Å². The van der Waals surface area contributed by atoms with E-state index in [9.17, 15) is 13.2 Å². The molecule has 0 radical (unpaired) electrons. The standard InChI is InChI=1S/C37H50N2O8S/c1-25(2)23-38(48(41,42)29-19-17-28(43-8)18-20-29)24-33-30(39(37(6,7)46-33)35(40)47-36(3,4)5)22-26-13-11-14-27(21-26)34-31(44-9)15-12-16-32(34)45-10/h11-21,25,30,33H,22-24H2,1-10H3/t30-,33-/m0/s1. The molecule has 0 saturated carbocycles. The van der Waals surface area contributed by atoms with E-state index in [-0.39, 0.29) is 23.9 Å². The van der Waals surface area contributed by atoms with Gasteiger partial charge in [-0.2, -0.15) is 4.31 Å². The van der Waals surface area contributed by atoms with Gasteiger partial charge < -0.3 is 23.7 Å². The van der Waals surface area contributed by atoms with E-state index in [0.29, 0.717) is 23.7 Å². The van der Waals surface area contributed by atoms with E-state index in [1.165, 1.54) is 11.4 Å². The zero-order valence-electron chi connectivity index (χ0n) is 29.8. The first-order valence-corrected chi connectivity index (χ1v) is 17.6. The van der Waals surface area contributed by atoms with Crippen molar-refractivity contribution in [1.29, 1.82) is 0 Å². The molecule has 3 aromatic rings. The maximum atomic E-state index is 14.1. The largest absolute Gasteiger partial charge is 0.497 e. The van der Waals surface area contributed by atoms with Crippen molar-refractivity contribution in [3.8, 4) is 28.4 Å². The second-order valence-electron chi connectivity index (χ2n) is 13.9. The van der Waals surface area contributed by atoms with Crippen molar-refractivity contribution in [1.82, 2.24) is 9.21 Å². The molecule has 0 spiro atoms. The molecule has 2 atom stereocenters. The molecule has 1 heterocycles. The number of carbonyl (C=O) groups excluding carboxylic acids is 1. The average Bonchev–Trinajstić information content (AvgIpc) is 3.27. The molecule has 11 heteroatoms. The Hall–Kier alpha value is -3.80. The maximum absolute atomic E-state index is 14.1. The highest BCUT2D eigenvalue weighted by Gasteiger charge is 2.52. The molecule has 0 bridgehead atoms. The van der Waals surface area contributed by atoms with Gasteiger partial charge >= 0.3 is 6.09 Å². The van der Waals surface area contributed by atoms with Crippen LogP contribution in [0.2, 0.25) is 0 Å². The van der Waals surface area contributed by atoms with Crippen LogP contribution < -0.4 is 14.2 Å². The first-order valence-electron chi connectivity index (χ1n) is 16.2. The first-order chi connectivity index (χ1) is 22.5. The van der Waals surface area contributed by atoms with E-state index in [1.807, 2.05) is 90.9 Å². The van der Waals surface area contributed by atoms with Gasteiger partial charge in [0.15, 0.2) is 0 Å². The quantitative estimate of drug-likeness (QED) is 0.201. The van der Waals surface area contributed by atoms with Crippen LogP contribution in [0.25, 0.3) is 11.1 Å². The molecule has 1 saturated heterocycles. The number of methoxy groups -OCH3 is 3. The zero-order valence-corrected chi connectivity index (χ0v) is 30.6. The van der Waals surface area contributed by atoms with Crippen molar-refractivity contribution in [2.24, 2.45) is 5.92 Å². The minimum Gasteiger partial charge on any atom is -0.497 e. The molecule has 1 amide bonds. The molecule has 48 heavy (non-hydrogen) atoms. The highest BCUT2D eigenvalue weighted by atomic mass is 32.2. The summed E-state index contributed by atoms with van der Waals surface area (Å²) < 4.78 is 58.8. The van der Waals surface area contributed by atoms with Gasteiger partial charge in [-0.05, 0) is 94.5 Å². The molecule has 1 aliphatic heterocycles. The SMILES string of the molecule is COc1ccc(S(=O)(=O)N(CC(C)C)C[C@@H]2OC(C)(C)N(C(=O)OC(C)(C)C)[C@H]2Cc2cccc(-c3c(OC)cccc3OC)c2)cc1. The van der Waals surface area contributed by atoms with Crippen molar-refractivity contribution < 1.29 is 36.9 Å². The Balaban J connectivity index is 1.78. The van der Waals surface area contributed by atoms with E-state index in [4.69, 9.17) is 23.7 Å². The van der Waals surface area contributed by atoms with E-state index in [0.717, 1.165) is 16.7 Å². The lowest BCUT2D eigenvalue weighted by molar-refractivity contribution is -0.0806. The number of benzene rings is 3. The van der Waals surface area contributed by atoms with Crippen LogP contribution in [0, 0.1) is 5.92 Å². The number of amides is 1. The summed E-state index contributed by atoms with van der Waals surface area (Å²) in [5.74, 6) is 1.92. The Bertz CT molecular complexity index is 1640. The van der Waals surface area contributed by atoms with Crippen LogP contribution in [0.5, 0.6) is 17.2 Å². The van der Waals surface area contributed by atoms with Crippen molar-refractivity contribution in [2.75, 3.05) is 34.4 Å². The van der Waals surface area contributed by atoms with Gasteiger partial charge in [0.25, 0.3) is 0 Å². The van der Waals surface area contributed by atoms with Gasteiger partial charge in [-0.25, -0.2) is 13.2 Å². The van der Waals surface area contributed by atoms with Crippen molar-refractivity contribution >= 4 is 16.1 Å². The Kier molecular flexibility index (Phi) is 11.4. The summed E-state index contributed by atoms with van der Waals surface area (Å²) in [6.07, 6.45) is -0.837. The molecule has 10 nitrogen and oxygen atoms in total. The summed E-state index contributed by atoms with van der Waals surface area (Å²) in [6.45, 7) is 13.3. The first kappa shape index (κ1) is 37.0. The lowest BCUT2D eigenvalue weighted by atomic mass is 9.95. The number of hydrogen-bond acceptors (Lipinski definition) is 8. The molecule has 1 aliphatic rings. The topological polar surface area (TPSA) is 104 Å². The third-order valence-corrected chi connectivity index (χ3v) is 9.95. The van der Waals surface area contributed by atoms with Crippen LogP contribution in [0.3, 0.4) is 0 Å². The Morgan fingerprint density at radius 1 is 0.938 bits per heavy atom. The van der Waals surface area contributed by atoms with E-state index < -0.39 is 39.6 Å². The average molecular weight is 683 g/mol. The predicted octanol–water partition coefficient (Wildman–Crippen LogP) is 7.01. The van der Waals surface area contributed by atoms with Gasteiger partial charge in [-0.3, -0.25) is 4.90 Å². The minimum absolute atomic E-state index is 0.0277. The zero-order chi connectivity index (χ0) is 35.4. The van der Waals surface area contributed by atoms with Crippen LogP contribution in [0.4, 0.5) is 4.79 Å². The number of nitrogens with zero attached hydrogens (tertiary/aromatic N) is 2. The molecule has 262 valence electrons. The second-order valence-corrected chi connectivity index (χ2v) is 15.8. The fraction of sp³-hybridized carbons (Fsp3) is 0.486. The summed E-state index contributed by atoms with van der Waals surface area (Å²) in [4.78, 5) is 15.6.